The molecule has 5 rings (SSSR count). The molecule has 0 atom stereocenters. The van der Waals surface area contributed by atoms with Gasteiger partial charge in [-0.15, -0.1) is 0 Å². The summed E-state index contributed by atoms with van der Waals surface area (Å²) < 4.78 is 5.51. The van der Waals surface area contributed by atoms with E-state index in [2.05, 4.69) is 21.3 Å². The van der Waals surface area contributed by atoms with Crippen LogP contribution in [0.15, 0.2) is 64.5 Å². The normalized spacial score (nSPS) is 19.4. The number of morpholine rings is 1. The van der Waals surface area contributed by atoms with Crippen molar-refractivity contribution in [2.24, 2.45) is 4.99 Å². The smallest absolute Gasteiger partial charge is 0.264 e. The number of carbonyl (C=O) groups excluding carboxylic acids is 1. The lowest BCUT2D eigenvalue weighted by Gasteiger charge is -2.29. The average molecular weight is 431 g/mol. The van der Waals surface area contributed by atoms with E-state index in [0.717, 1.165) is 46.6 Å². The molecular formula is C24H22N4O2S. The molecule has 2 saturated heterocycles. The van der Waals surface area contributed by atoms with Crippen LogP contribution < -0.4 is 10.2 Å². The van der Waals surface area contributed by atoms with Crippen LogP contribution in [0.3, 0.4) is 0 Å². The summed E-state index contributed by atoms with van der Waals surface area (Å²) in [6.45, 7) is 4.91. The number of rotatable bonds is 3. The van der Waals surface area contributed by atoms with Crippen LogP contribution in [-0.4, -0.2) is 42.4 Å². The van der Waals surface area contributed by atoms with Crippen molar-refractivity contribution < 1.29 is 9.53 Å². The van der Waals surface area contributed by atoms with Gasteiger partial charge in [0.1, 0.15) is 5.82 Å². The van der Waals surface area contributed by atoms with E-state index in [4.69, 9.17) is 9.72 Å². The Morgan fingerprint density at radius 1 is 1.13 bits per heavy atom. The van der Waals surface area contributed by atoms with Gasteiger partial charge in [-0.05, 0) is 48.5 Å². The summed E-state index contributed by atoms with van der Waals surface area (Å²) in [6, 6.07) is 18.0. The summed E-state index contributed by atoms with van der Waals surface area (Å²) >= 11 is 1.36. The van der Waals surface area contributed by atoms with E-state index in [1.54, 1.807) is 0 Å². The Labute approximate surface area is 185 Å². The predicted molar refractivity (Wildman–Crippen MR) is 127 cm³/mol. The van der Waals surface area contributed by atoms with Crippen molar-refractivity contribution in [3.8, 4) is 0 Å². The molecule has 0 spiro atoms. The maximum absolute atomic E-state index is 12.7. The lowest BCUT2D eigenvalue weighted by atomic mass is 10.1. The van der Waals surface area contributed by atoms with Gasteiger partial charge in [0.25, 0.3) is 5.91 Å². The molecule has 2 fully saturated rings. The van der Waals surface area contributed by atoms with Crippen LogP contribution in [0.25, 0.3) is 17.0 Å². The Hall–Kier alpha value is -3.16. The molecule has 156 valence electrons. The second-order valence-electron chi connectivity index (χ2n) is 7.46. The summed E-state index contributed by atoms with van der Waals surface area (Å²) in [5, 5.41) is 4.52. The first-order valence-corrected chi connectivity index (χ1v) is 11.1. The Bertz CT molecular complexity index is 1220. The van der Waals surface area contributed by atoms with Gasteiger partial charge in [-0.25, -0.2) is 9.98 Å². The molecular weight excluding hydrogens is 408 g/mol. The maximum Gasteiger partial charge on any atom is 0.264 e. The van der Waals surface area contributed by atoms with Gasteiger partial charge in [-0.2, -0.15) is 0 Å². The number of fused-ring (bicyclic) bond motifs is 1. The minimum absolute atomic E-state index is 0.140. The van der Waals surface area contributed by atoms with Gasteiger partial charge in [-0.3, -0.25) is 4.79 Å². The third-order valence-electron chi connectivity index (χ3n) is 5.32. The van der Waals surface area contributed by atoms with Crippen LogP contribution in [0.2, 0.25) is 0 Å². The number of anilines is 1. The molecule has 0 radical (unpaired) electrons. The topological polar surface area (TPSA) is 66.8 Å². The van der Waals surface area contributed by atoms with Crippen LogP contribution in [-0.2, 0) is 9.53 Å². The quantitative estimate of drug-likeness (QED) is 0.629. The van der Waals surface area contributed by atoms with Crippen molar-refractivity contribution >= 4 is 51.3 Å². The van der Waals surface area contributed by atoms with Gasteiger partial charge < -0.3 is 15.0 Å². The number of para-hydroxylation sites is 2. The summed E-state index contributed by atoms with van der Waals surface area (Å²) in [7, 11) is 0. The van der Waals surface area contributed by atoms with Gasteiger partial charge in [0.15, 0.2) is 5.17 Å². The zero-order valence-corrected chi connectivity index (χ0v) is 18.0. The number of hydrogen-bond acceptors (Lipinski definition) is 6. The SMILES string of the molecule is Cc1ccccc1N=C1NC(=O)/C(=C\c2cc3ccccc3nc2N2CCOCC2)S1. The molecule has 0 saturated carbocycles. The Kier molecular flexibility index (Phi) is 5.44. The molecule has 3 heterocycles. The fourth-order valence-electron chi connectivity index (χ4n) is 3.68. The van der Waals surface area contributed by atoms with Crippen molar-refractivity contribution in [3.63, 3.8) is 0 Å². The fraction of sp³-hybridized carbons (Fsp3) is 0.208. The highest BCUT2D eigenvalue weighted by Gasteiger charge is 2.25. The van der Waals surface area contributed by atoms with Crippen LogP contribution in [0.4, 0.5) is 11.5 Å². The molecule has 2 aromatic carbocycles. The molecule has 0 bridgehead atoms. The zero-order valence-electron chi connectivity index (χ0n) is 17.2. The Morgan fingerprint density at radius 2 is 1.90 bits per heavy atom. The van der Waals surface area contributed by atoms with Crippen molar-refractivity contribution in [1.29, 1.82) is 0 Å². The minimum atomic E-state index is -0.140. The number of pyridine rings is 1. The monoisotopic (exact) mass is 430 g/mol. The highest BCUT2D eigenvalue weighted by atomic mass is 32.2. The van der Waals surface area contributed by atoms with Crippen LogP contribution >= 0.6 is 11.8 Å². The number of aromatic nitrogens is 1. The van der Waals surface area contributed by atoms with E-state index in [-0.39, 0.29) is 5.91 Å². The van der Waals surface area contributed by atoms with Gasteiger partial charge >= 0.3 is 0 Å². The first-order valence-electron chi connectivity index (χ1n) is 10.2. The summed E-state index contributed by atoms with van der Waals surface area (Å²) in [6.07, 6.45) is 1.92. The van der Waals surface area contributed by atoms with Crippen molar-refractivity contribution in [1.82, 2.24) is 10.3 Å². The molecule has 2 aliphatic rings. The predicted octanol–water partition coefficient (Wildman–Crippen LogP) is 4.27. The van der Waals surface area contributed by atoms with Gasteiger partial charge in [0, 0.05) is 24.0 Å². The average Bonchev–Trinajstić information content (AvgIpc) is 3.14. The van der Waals surface area contributed by atoms with Crippen molar-refractivity contribution in [2.45, 2.75) is 6.92 Å². The number of hydrogen-bond donors (Lipinski definition) is 1. The van der Waals surface area contributed by atoms with E-state index >= 15 is 0 Å². The van der Waals surface area contributed by atoms with Gasteiger partial charge in [-0.1, -0.05) is 36.4 Å². The third kappa shape index (κ3) is 4.19. The number of carbonyl (C=O) groups is 1. The maximum atomic E-state index is 12.7. The number of aliphatic imine (C=N–C) groups is 1. The van der Waals surface area contributed by atoms with Gasteiger partial charge in [0.2, 0.25) is 0 Å². The summed E-state index contributed by atoms with van der Waals surface area (Å²) in [5.41, 5.74) is 3.79. The van der Waals surface area contributed by atoms with E-state index in [0.29, 0.717) is 23.3 Å². The highest BCUT2D eigenvalue weighted by Crippen LogP contribution is 2.32. The zero-order chi connectivity index (χ0) is 21.2. The molecule has 3 aromatic rings. The summed E-state index contributed by atoms with van der Waals surface area (Å²) in [4.78, 5) is 25.1. The third-order valence-corrected chi connectivity index (χ3v) is 6.23. The first-order chi connectivity index (χ1) is 15.2. The first kappa shape index (κ1) is 19.8. The molecule has 7 heteroatoms. The lowest BCUT2D eigenvalue weighted by Crippen LogP contribution is -2.37. The molecule has 31 heavy (non-hydrogen) atoms. The number of nitrogens with one attached hydrogen (secondary N) is 1. The van der Waals surface area contributed by atoms with Crippen molar-refractivity contribution in [2.75, 3.05) is 31.2 Å². The number of nitrogens with zero attached hydrogens (tertiary/aromatic N) is 3. The number of benzene rings is 2. The molecule has 6 nitrogen and oxygen atoms in total. The lowest BCUT2D eigenvalue weighted by molar-refractivity contribution is -0.115. The summed E-state index contributed by atoms with van der Waals surface area (Å²) in [5.74, 6) is 0.741. The second kappa shape index (κ2) is 8.53. The van der Waals surface area contributed by atoms with E-state index in [1.807, 2.05) is 61.5 Å². The Morgan fingerprint density at radius 3 is 2.74 bits per heavy atom. The van der Waals surface area contributed by atoms with Crippen LogP contribution in [0.1, 0.15) is 11.1 Å². The molecule has 0 aliphatic carbocycles. The number of thioether (sulfide) groups is 1. The molecule has 0 unspecified atom stereocenters. The van der Waals surface area contributed by atoms with Gasteiger partial charge in [0.05, 0.1) is 29.3 Å². The van der Waals surface area contributed by atoms with E-state index in [1.165, 1.54) is 11.8 Å². The second-order valence-corrected chi connectivity index (χ2v) is 8.49. The largest absolute Gasteiger partial charge is 0.378 e. The minimum Gasteiger partial charge on any atom is -0.378 e. The number of ether oxygens (including phenoxy) is 1. The highest BCUT2D eigenvalue weighted by molar-refractivity contribution is 8.18. The number of amidine groups is 1. The molecule has 1 aromatic heterocycles. The molecule has 1 amide bonds. The number of amides is 1. The fourth-order valence-corrected chi connectivity index (χ4v) is 4.50. The standard InChI is InChI=1S/C24H22N4O2S/c1-16-6-2-4-8-19(16)26-24-27-23(29)21(31-24)15-18-14-17-7-3-5-9-20(17)25-22(18)28-10-12-30-13-11-28/h2-9,14-15H,10-13H2,1H3,(H,26,27,29)/b21-15+. The molecule has 1 N–H and O–H groups in total. The van der Waals surface area contributed by atoms with E-state index < -0.39 is 0 Å². The van der Waals surface area contributed by atoms with Crippen LogP contribution in [0.5, 0.6) is 0 Å². The van der Waals surface area contributed by atoms with Crippen molar-refractivity contribution in [3.05, 3.63) is 70.6 Å². The van der Waals surface area contributed by atoms with E-state index in [9.17, 15) is 4.79 Å². The Balaban J connectivity index is 1.52. The molecule has 2 aliphatic heterocycles. The number of aryl methyl sites for hydroxylation is 1. The van der Waals surface area contributed by atoms with Crippen LogP contribution in [0, 0.1) is 6.92 Å².